The van der Waals surface area contributed by atoms with Crippen molar-refractivity contribution in [2.75, 3.05) is 14.2 Å². The first-order valence-electron chi connectivity index (χ1n) is 9.36. The Morgan fingerprint density at radius 2 is 1.97 bits per heavy atom. The highest BCUT2D eigenvalue weighted by Crippen LogP contribution is 2.66. The van der Waals surface area contributed by atoms with Crippen molar-refractivity contribution in [3.8, 4) is 17.2 Å². The summed E-state index contributed by atoms with van der Waals surface area (Å²) in [5, 5.41) is 33.0. The van der Waals surface area contributed by atoms with Crippen LogP contribution in [0.3, 0.4) is 0 Å². The zero-order valence-electron chi connectivity index (χ0n) is 16.3. The Morgan fingerprint density at radius 3 is 2.55 bits per heavy atom. The molecule has 5 atom stereocenters. The average molecular weight is 401 g/mol. The smallest absolute Gasteiger partial charge is 0.311 e. The van der Waals surface area contributed by atoms with Crippen molar-refractivity contribution < 1.29 is 34.3 Å². The van der Waals surface area contributed by atoms with Gasteiger partial charge in [-0.15, -0.1) is 0 Å². The Balaban J connectivity index is 2.00. The molecule has 1 aromatic carbocycles. The second-order valence-corrected chi connectivity index (χ2v) is 7.38. The van der Waals surface area contributed by atoms with E-state index < -0.39 is 35.1 Å². The van der Waals surface area contributed by atoms with E-state index in [0.717, 1.165) is 0 Å². The van der Waals surface area contributed by atoms with Crippen molar-refractivity contribution in [1.29, 1.82) is 0 Å². The number of pyridine rings is 1. The summed E-state index contributed by atoms with van der Waals surface area (Å²) in [5.74, 6) is -1.66. The quantitative estimate of drug-likeness (QED) is 0.659. The molecule has 2 aliphatic rings. The Bertz CT molecular complexity index is 947. The van der Waals surface area contributed by atoms with Crippen LogP contribution >= 0.6 is 0 Å². The fourth-order valence-corrected chi connectivity index (χ4v) is 4.98. The van der Waals surface area contributed by atoms with Crippen molar-refractivity contribution in [2.24, 2.45) is 11.8 Å². The summed E-state index contributed by atoms with van der Waals surface area (Å²) < 4.78 is 16.4. The summed E-state index contributed by atoms with van der Waals surface area (Å²) in [5.41, 5.74) is -2.90. The molecule has 0 amide bonds. The van der Waals surface area contributed by atoms with Gasteiger partial charge < -0.3 is 29.5 Å². The fraction of sp³-hybridized carbons (Fsp3) is 0.429. The van der Waals surface area contributed by atoms with Gasteiger partial charge in [0, 0.05) is 12.0 Å². The summed E-state index contributed by atoms with van der Waals surface area (Å²) in [6.45, 7) is 1.85. The Labute approximate surface area is 167 Å². The molecule has 1 fully saturated rings. The molecule has 1 aliphatic carbocycles. The monoisotopic (exact) mass is 401 g/mol. The van der Waals surface area contributed by atoms with E-state index in [9.17, 15) is 20.1 Å². The lowest BCUT2D eigenvalue weighted by Gasteiger charge is -2.39. The van der Waals surface area contributed by atoms with Gasteiger partial charge in [0.1, 0.15) is 29.0 Å². The number of esters is 1. The number of aromatic nitrogens is 1. The van der Waals surface area contributed by atoms with E-state index in [4.69, 9.17) is 14.2 Å². The molecule has 0 saturated heterocycles. The lowest BCUT2D eigenvalue weighted by Crippen LogP contribution is -2.52. The van der Waals surface area contributed by atoms with Gasteiger partial charge in [-0.1, -0.05) is 19.1 Å². The van der Waals surface area contributed by atoms with E-state index in [1.54, 1.807) is 31.4 Å². The normalized spacial score (nSPS) is 32.2. The maximum Gasteiger partial charge on any atom is 0.311 e. The minimum atomic E-state index is -2.02. The van der Waals surface area contributed by atoms with Crippen LogP contribution in [0.15, 0.2) is 36.5 Å². The second kappa shape index (κ2) is 6.60. The number of aliphatic hydroxyl groups excluding tert-OH is 1. The van der Waals surface area contributed by atoms with E-state index in [0.29, 0.717) is 17.7 Å². The number of hydrogen-bond acceptors (Lipinski definition) is 8. The zero-order valence-corrected chi connectivity index (χ0v) is 16.3. The van der Waals surface area contributed by atoms with E-state index in [1.807, 2.05) is 6.92 Å². The summed E-state index contributed by atoms with van der Waals surface area (Å²) in [4.78, 5) is 16.7. The third kappa shape index (κ3) is 2.33. The molecule has 1 aliphatic heterocycles. The zero-order chi connectivity index (χ0) is 21.0. The Hall–Kier alpha value is -2.84. The molecule has 1 aromatic heterocycles. The maximum atomic E-state index is 12.6. The molecule has 1 saturated carbocycles. The van der Waals surface area contributed by atoms with Gasteiger partial charge in [0.15, 0.2) is 11.2 Å². The predicted molar refractivity (Wildman–Crippen MR) is 100 cm³/mol. The van der Waals surface area contributed by atoms with Crippen LogP contribution in [0.25, 0.3) is 0 Å². The van der Waals surface area contributed by atoms with Crippen LogP contribution in [0.2, 0.25) is 0 Å². The predicted octanol–water partition coefficient (Wildman–Crippen LogP) is 1.46. The van der Waals surface area contributed by atoms with Crippen LogP contribution in [0.4, 0.5) is 0 Å². The number of carbonyl (C=O) groups excluding carboxylic acids is 1. The standard InChI is InChI=1S/C21H23NO7/c1-4-14-16(19(25)28-3)18(24)20(26)17-15(9-12(23)10-22-17)29-21(14,20)11-5-7-13(27-2)8-6-11/h5-10,14,16,18,23-24,26H,4H2,1-3H3/t14-,16-,18-,20+,21+/m1/s1. The summed E-state index contributed by atoms with van der Waals surface area (Å²) in [6.07, 6.45) is 0.0504. The van der Waals surface area contributed by atoms with E-state index in [2.05, 4.69) is 4.98 Å². The van der Waals surface area contributed by atoms with Crippen LogP contribution in [-0.4, -0.2) is 46.6 Å². The van der Waals surface area contributed by atoms with Gasteiger partial charge in [0.2, 0.25) is 0 Å². The molecule has 0 spiro atoms. The van der Waals surface area contributed by atoms with Crippen molar-refractivity contribution in [3.05, 3.63) is 47.8 Å². The summed E-state index contributed by atoms with van der Waals surface area (Å²) in [7, 11) is 2.78. The highest BCUT2D eigenvalue weighted by molar-refractivity contribution is 5.76. The van der Waals surface area contributed by atoms with Gasteiger partial charge in [0.05, 0.1) is 26.3 Å². The fourth-order valence-electron chi connectivity index (χ4n) is 4.98. The van der Waals surface area contributed by atoms with Crippen molar-refractivity contribution in [3.63, 3.8) is 0 Å². The van der Waals surface area contributed by atoms with Gasteiger partial charge in [-0.3, -0.25) is 9.78 Å². The summed E-state index contributed by atoms with van der Waals surface area (Å²) in [6, 6.07) is 8.23. The number of benzene rings is 1. The molecule has 4 rings (SSSR count). The van der Waals surface area contributed by atoms with Crippen LogP contribution in [0.1, 0.15) is 24.6 Å². The molecule has 8 nitrogen and oxygen atoms in total. The molecule has 0 unspecified atom stereocenters. The minimum Gasteiger partial charge on any atom is -0.506 e. The van der Waals surface area contributed by atoms with Crippen molar-refractivity contribution >= 4 is 5.97 Å². The second-order valence-electron chi connectivity index (χ2n) is 7.38. The molecule has 29 heavy (non-hydrogen) atoms. The number of nitrogens with zero attached hydrogens (tertiary/aromatic N) is 1. The highest BCUT2D eigenvalue weighted by atomic mass is 16.5. The van der Waals surface area contributed by atoms with Crippen molar-refractivity contribution in [2.45, 2.75) is 30.7 Å². The van der Waals surface area contributed by atoms with E-state index in [-0.39, 0.29) is 17.2 Å². The Morgan fingerprint density at radius 1 is 1.28 bits per heavy atom. The van der Waals surface area contributed by atoms with Gasteiger partial charge in [-0.2, -0.15) is 0 Å². The first-order valence-corrected chi connectivity index (χ1v) is 9.36. The Kier molecular flexibility index (Phi) is 4.43. The third-order valence-corrected chi connectivity index (χ3v) is 6.19. The van der Waals surface area contributed by atoms with Crippen LogP contribution in [-0.2, 0) is 20.7 Å². The SMILES string of the molecule is CC[C@@H]1[C@@H](C(=O)OC)[C@@H](O)[C@@]2(O)c3ncc(O)cc3O[C@@]12c1ccc(OC)cc1. The average Bonchev–Trinajstić information content (AvgIpc) is 3.10. The van der Waals surface area contributed by atoms with Crippen LogP contribution < -0.4 is 9.47 Å². The maximum absolute atomic E-state index is 12.6. The highest BCUT2D eigenvalue weighted by Gasteiger charge is 2.77. The van der Waals surface area contributed by atoms with E-state index >= 15 is 0 Å². The van der Waals surface area contributed by atoms with Gasteiger partial charge >= 0.3 is 5.97 Å². The minimum absolute atomic E-state index is 0.0727. The number of methoxy groups -OCH3 is 2. The lowest BCUT2D eigenvalue weighted by atomic mass is 9.73. The van der Waals surface area contributed by atoms with Crippen LogP contribution in [0.5, 0.6) is 17.2 Å². The van der Waals surface area contributed by atoms with Gasteiger partial charge in [-0.05, 0) is 24.1 Å². The first kappa shape index (κ1) is 19.5. The molecule has 2 heterocycles. The van der Waals surface area contributed by atoms with Crippen LogP contribution in [0, 0.1) is 11.8 Å². The van der Waals surface area contributed by atoms with Gasteiger partial charge in [0.25, 0.3) is 0 Å². The van der Waals surface area contributed by atoms with Gasteiger partial charge in [-0.25, -0.2) is 0 Å². The number of fused-ring (bicyclic) bond motifs is 3. The number of ether oxygens (including phenoxy) is 3. The molecule has 3 N–H and O–H groups in total. The number of aromatic hydroxyl groups is 1. The molecule has 0 bridgehead atoms. The first-order chi connectivity index (χ1) is 13.8. The topological polar surface area (TPSA) is 118 Å². The number of rotatable bonds is 4. The molecule has 0 radical (unpaired) electrons. The van der Waals surface area contributed by atoms with E-state index in [1.165, 1.54) is 19.4 Å². The number of carbonyl (C=O) groups is 1. The molecular formula is C21H23NO7. The molecule has 2 aromatic rings. The largest absolute Gasteiger partial charge is 0.506 e. The molecular weight excluding hydrogens is 378 g/mol. The summed E-state index contributed by atoms with van der Waals surface area (Å²) >= 11 is 0. The lowest BCUT2D eigenvalue weighted by molar-refractivity contribution is -0.163. The van der Waals surface area contributed by atoms with Crippen molar-refractivity contribution in [1.82, 2.24) is 4.98 Å². The third-order valence-electron chi connectivity index (χ3n) is 6.19. The number of aliphatic hydroxyl groups is 2. The molecule has 8 heteroatoms. The number of hydrogen-bond donors (Lipinski definition) is 3. The molecule has 154 valence electrons.